The Morgan fingerprint density at radius 3 is 2.27 bits per heavy atom. The fourth-order valence-corrected chi connectivity index (χ4v) is 6.62. The number of aliphatic hydroxyl groups is 1. The molecule has 7 rings (SSSR count). The molecule has 2 fully saturated rings. The maximum Gasteiger partial charge on any atom is 0.314 e. The number of carboxylic acid groups (broad SMARTS) is 1. The van der Waals surface area contributed by atoms with Gasteiger partial charge in [-0.3, -0.25) is 9.78 Å². The van der Waals surface area contributed by atoms with E-state index >= 15 is 0 Å². The van der Waals surface area contributed by atoms with Crippen molar-refractivity contribution in [1.29, 1.82) is 0 Å². The van der Waals surface area contributed by atoms with E-state index in [1.165, 1.54) is 5.56 Å². The summed E-state index contributed by atoms with van der Waals surface area (Å²) < 4.78 is 0. The summed E-state index contributed by atoms with van der Waals surface area (Å²) in [5, 5.41) is 25.6. The van der Waals surface area contributed by atoms with Crippen molar-refractivity contribution in [2.45, 2.75) is 49.7 Å². The minimum absolute atomic E-state index is 0.0144. The number of carboxylic acids is 1. The molecule has 200 valence electrons. The predicted molar refractivity (Wildman–Crippen MR) is 152 cm³/mol. The Morgan fingerprint density at radius 2 is 1.62 bits per heavy atom. The standard InChI is InChI=1S/C34H30N2O4/c1-21-34(30(37)27-18-23(19-35-20-27)17-22-5-3-2-4-6-22)29(31(34)40-36-21)26-9-7-24(8-10-26)25-11-13-28(14-12-25)33(15-16-33)32(38)39/h2-14,18-20,29-31,37H,15-17H2,1H3,(H,38,39). The molecule has 2 heterocycles. The number of nitrogens with zero attached hydrogens (tertiary/aromatic N) is 2. The summed E-state index contributed by atoms with van der Waals surface area (Å²) in [6.07, 6.45) is 4.72. The number of carbonyl (C=O) groups is 1. The van der Waals surface area contributed by atoms with Gasteiger partial charge >= 0.3 is 5.97 Å². The van der Waals surface area contributed by atoms with Crippen LogP contribution in [0.4, 0.5) is 0 Å². The third kappa shape index (κ3) is 3.78. The molecule has 0 radical (unpaired) electrons. The maximum atomic E-state index is 11.7. The summed E-state index contributed by atoms with van der Waals surface area (Å²) in [6.45, 7) is 1.93. The summed E-state index contributed by atoms with van der Waals surface area (Å²) in [5.74, 6) is -0.755. The van der Waals surface area contributed by atoms with Gasteiger partial charge < -0.3 is 15.1 Å². The second-order valence-corrected chi connectivity index (χ2v) is 11.4. The number of aliphatic carboxylic acids is 1. The van der Waals surface area contributed by atoms with Gasteiger partial charge in [-0.1, -0.05) is 84.0 Å². The quantitative estimate of drug-likeness (QED) is 0.289. The molecule has 4 aromatic rings. The zero-order valence-corrected chi connectivity index (χ0v) is 22.2. The van der Waals surface area contributed by atoms with E-state index in [1.54, 1.807) is 6.20 Å². The van der Waals surface area contributed by atoms with E-state index in [0.717, 1.165) is 45.5 Å². The van der Waals surface area contributed by atoms with Gasteiger partial charge in [0.25, 0.3) is 0 Å². The summed E-state index contributed by atoms with van der Waals surface area (Å²) >= 11 is 0. The molecule has 3 aromatic carbocycles. The molecule has 2 N–H and O–H groups in total. The molecule has 4 unspecified atom stereocenters. The molecule has 0 saturated heterocycles. The van der Waals surface area contributed by atoms with E-state index < -0.39 is 22.9 Å². The summed E-state index contributed by atoms with van der Waals surface area (Å²) in [4.78, 5) is 21.9. The highest BCUT2D eigenvalue weighted by Crippen LogP contribution is 2.70. The molecule has 1 aliphatic heterocycles. The molecular weight excluding hydrogens is 500 g/mol. The Balaban J connectivity index is 1.12. The van der Waals surface area contributed by atoms with E-state index in [-0.39, 0.29) is 12.0 Å². The van der Waals surface area contributed by atoms with Gasteiger partial charge in [-0.25, -0.2) is 0 Å². The Morgan fingerprint density at radius 1 is 0.950 bits per heavy atom. The molecule has 0 amide bonds. The monoisotopic (exact) mass is 530 g/mol. The number of fused-ring (bicyclic) bond motifs is 1. The Kier molecular flexibility index (Phi) is 5.65. The molecular formula is C34H30N2O4. The minimum Gasteiger partial charge on any atom is -0.481 e. The Bertz CT molecular complexity index is 1610. The molecule has 3 aliphatic rings. The van der Waals surface area contributed by atoms with E-state index in [0.29, 0.717) is 12.8 Å². The highest BCUT2D eigenvalue weighted by molar-refractivity contribution is 5.95. The van der Waals surface area contributed by atoms with E-state index in [4.69, 9.17) is 4.84 Å². The van der Waals surface area contributed by atoms with Crippen LogP contribution in [0.1, 0.15) is 59.6 Å². The first kappa shape index (κ1) is 24.7. The second-order valence-electron chi connectivity index (χ2n) is 11.4. The fourth-order valence-electron chi connectivity index (χ4n) is 6.62. The summed E-state index contributed by atoms with van der Waals surface area (Å²) in [7, 11) is 0. The predicted octanol–water partition coefficient (Wildman–Crippen LogP) is 6.05. The third-order valence-electron chi connectivity index (χ3n) is 9.14. The van der Waals surface area contributed by atoms with Crippen LogP contribution in [0.5, 0.6) is 0 Å². The fraction of sp³-hybridized carbons (Fsp3) is 0.265. The normalized spacial score (nSPS) is 24.4. The third-order valence-corrected chi connectivity index (χ3v) is 9.14. The Labute approximate surface area is 233 Å². The molecule has 4 atom stereocenters. The number of aromatic nitrogens is 1. The van der Waals surface area contributed by atoms with Crippen LogP contribution in [-0.2, 0) is 21.5 Å². The van der Waals surface area contributed by atoms with Crippen LogP contribution < -0.4 is 0 Å². The molecule has 6 nitrogen and oxygen atoms in total. The van der Waals surface area contributed by atoms with Gasteiger partial charge in [0.2, 0.25) is 0 Å². The Hall–Kier alpha value is -4.29. The van der Waals surface area contributed by atoms with Gasteiger partial charge in [0, 0.05) is 23.9 Å². The number of pyridine rings is 1. The second kappa shape index (κ2) is 9.14. The molecule has 0 spiro atoms. The number of benzene rings is 3. The van der Waals surface area contributed by atoms with Crippen LogP contribution in [0.3, 0.4) is 0 Å². The minimum atomic E-state index is -0.798. The smallest absolute Gasteiger partial charge is 0.314 e. The first-order valence-electron chi connectivity index (χ1n) is 13.7. The van der Waals surface area contributed by atoms with Crippen LogP contribution in [0.2, 0.25) is 0 Å². The molecule has 6 heteroatoms. The number of hydrogen-bond donors (Lipinski definition) is 2. The average molecular weight is 531 g/mol. The number of hydrogen-bond acceptors (Lipinski definition) is 5. The summed E-state index contributed by atoms with van der Waals surface area (Å²) in [5.41, 5.74) is 6.56. The zero-order chi connectivity index (χ0) is 27.5. The first-order valence-corrected chi connectivity index (χ1v) is 13.7. The van der Waals surface area contributed by atoms with Gasteiger partial charge in [-0.05, 0) is 65.6 Å². The number of oxime groups is 1. The highest BCUT2D eigenvalue weighted by Gasteiger charge is 2.76. The molecule has 1 aromatic heterocycles. The maximum absolute atomic E-state index is 11.7. The van der Waals surface area contributed by atoms with Crippen molar-refractivity contribution in [2.75, 3.05) is 0 Å². The molecule has 2 saturated carbocycles. The van der Waals surface area contributed by atoms with Crippen molar-refractivity contribution in [3.8, 4) is 11.1 Å². The average Bonchev–Trinajstić information content (AvgIpc) is 3.89. The van der Waals surface area contributed by atoms with Gasteiger partial charge in [0.15, 0.2) is 0 Å². The SMILES string of the molecule is CC1=NOC2C(c3ccc(-c4ccc(C5(C(=O)O)CC5)cc4)cc3)C12C(O)c1cncc(Cc2ccccc2)c1. The zero-order valence-electron chi connectivity index (χ0n) is 22.2. The largest absolute Gasteiger partial charge is 0.481 e. The topological polar surface area (TPSA) is 92.0 Å². The van der Waals surface area contributed by atoms with Crippen LogP contribution in [0.15, 0.2) is 102 Å². The number of aliphatic hydroxyl groups excluding tert-OH is 1. The van der Waals surface area contributed by atoms with Crippen LogP contribution >= 0.6 is 0 Å². The molecule has 2 aliphatic carbocycles. The van der Waals surface area contributed by atoms with Crippen LogP contribution in [0.25, 0.3) is 11.1 Å². The van der Waals surface area contributed by atoms with E-state index in [2.05, 4.69) is 46.5 Å². The van der Waals surface area contributed by atoms with Crippen LogP contribution in [-0.4, -0.2) is 33.0 Å². The highest BCUT2D eigenvalue weighted by atomic mass is 16.7. The van der Waals surface area contributed by atoms with Crippen molar-refractivity contribution in [2.24, 2.45) is 10.6 Å². The number of rotatable bonds is 8. The van der Waals surface area contributed by atoms with Gasteiger partial charge in [-0.2, -0.15) is 0 Å². The first-order chi connectivity index (χ1) is 19.4. The van der Waals surface area contributed by atoms with Crippen LogP contribution in [0, 0.1) is 5.41 Å². The van der Waals surface area contributed by atoms with Crippen molar-refractivity contribution in [3.05, 3.63) is 125 Å². The molecule has 0 bridgehead atoms. The van der Waals surface area contributed by atoms with Crippen molar-refractivity contribution in [3.63, 3.8) is 0 Å². The van der Waals surface area contributed by atoms with Crippen molar-refractivity contribution in [1.82, 2.24) is 4.98 Å². The van der Waals surface area contributed by atoms with Crippen molar-refractivity contribution >= 4 is 11.7 Å². The van der Waals surface area contributed by atoms with E-state index in [1.807, 2.05) is 61.7 Å². The molecule has 40 heavy (non-hydrogen) atoms. The lowest BCUT2D eigenvalue weighted by Gasteiger charge is -2.22. The lowest BCUT2D eigenvalue weighted by atomic mass is 9.84. The van der Waals surface area contributed by atoms with Gasteiger partial charge in [0.05, 0.1) is 22.6 Å². The van der Waals surface area contributed by atoms with Crippen molar-refractivity contribution < 1.29 is 19.8 Å². The van der Waals surface area contributed by atoms with Gasteiger partial charge in [-0.15, -0.1) is 0 Å². The van der Waals surface area contributed by atoms with Gasteiger partial charge in [0.1, 0.15) is 6.10 Å². The van der Waals surface area contributed by atoms with E-state index in [9.17, 15) is 15.0 Å². The lowest BCUT2D eigenvalue weighted by Crippen LogP contribution is -2.24. The lowest BCUT2D eigenvalue weighted by molar-refractivity contribution is -0.140. The summed E-state index contributed by atoms with van der Waals surface area (Å²) in [6, 6.07) is 28.5.